The number of aliphatic carboxylic acids is 1. The van der Waals surface area contributed by atoms with E-state index in [1.54, 1.807) is 42.5 Å². The van der Waals surface area contributed by atoms with Gasteiger partial charge in [0, 0.05) is 12.8 Å². The maximum absolute atomic E-state index is 12.1. The van der Waals surface area contributed by atoms with E-state index in [2.05, 4.69) is 0 Å². The Morgan fingerprint density at radius 1 is 0.741 bits per heavy atom. The summed E-state index contributed by atoms with van der Waals surface area (Å²) in [6, 6.07) is 13.4. The number of benzene rings is 2. The van der Waals surface area contributed by atoms with Crippen molar-refractivity contribution in [1.29, 1.82) is 0 Å². The van der Waals surface area contributed by atoms with Crippen molar-refractivity contribution in [3.63, 3.8) is 0 Å². The fraction of sp³-hybridized carbons (Fsp3) is 0.333. The van der Waals surface area contributed by atoms with Gasteiger partial charge in [-0.25, -0.2) is 0 Å². The van der Waals surface area contributed by atoms with E-state index in [-0.39, 0.29) is 30.3 Å². The van der Waals surface area contributed by atoms with Crippen molar-refractivity contribution < 1.29 is 29.3 Å². The first-order chi connectivity index (χ1) is 13.1. The van der Waals surface area contributed by atoms with E-state index in [1.807, 2.05) is 0 Å². The first-order valence-corrected chi connectivity index (χ1v) is 9.03. The maximum atomic E-state index is 12.1. The first kappa shape index (κ1) is 20.3. The van der Waals surface area contributed by atoms with Crippen molar-refractivity contribution in [2.24, 2.45) is 0 Å². The van der Waals surface area contributed by atoms with E-state index < -0.39 is 5.97 Å². The number of carboxylic acids is 1. The highest BCUT2D eigenvalue weighted by atomic mass is 16.6. The lowest BCUT2D eigenvalue weighted by Gasteiger charge is -2.12. The zero-order valence-corrected chi connectivity index (χ0v) is 15.1. The molecule has 0 atom stereocenters. The molecule has 0 aliphatic carbocycles. The molecule has 0 radical (unpaired) electrons. The normalized spacial score (nSPS) is 10.4. The lowest BCUT2D eigenvalue weighted by molar-refractivity contribution is -0.137. The molecule has 2 aromatic carbocycles. The van der Waals surface area contributed by atoms with Crippen LogP contribution in [-0.2, 0) is 9.59 Å². The minimum atomic E-state index is -0.775. The summed E-state index contributed by atoms with van der Waals surface area (Å²) in [5, 5.41) is 18.4. The third kappa shape index (κ3) is 7.40. The quantitative estimate of drug-likeness (QED) is 0.331. The summed E-state index contributed by atoms with van der Waals surface area (Å²) in [6.45, 7) is 0. The van der Waals surface area contributed by atoms with Crippen molar-refractivity contribution in [3.05, 3.63) is 48.5 Å². The fourth-order valence-corrected chi connectivity index (χ4v) is 2.53. The van der Waals surface area contributed by atoms with Crippen LogP contribution in [0, 0.1) is 0 Å². The van der Waals surface area contributed by atoms with Gasteiger partial charge >= 0.3 is 11.9 Å². The topological polar surface area (TPSA) is 93.1 Å². The molecule has 0 saturated heterocycles. The van der Waals surface area contributed by atoms with Crippen molar-refractivity contribution in [2.45, 2.75) is 44.9 Å². The fourth-order valence-electron chi connectivity index (χ4n) is 2.53. The van der Waals surface area contributed by atoms with Gasteiger partial charge in [-0.15, -0.1) is 0 Å². The summed E-state index contributed by atoms with van der Waals surface area (Å²) in [5.41, 5.74) is 0. The molecule has 2 aromatic rings. The Kier molecular flexibility index (Phi) is 8.16. The number of aromatic hydroxyl groups is 1. The van der Waals surface area contributed by atoms with Crippen LogP contribution < -0.4 is 9.47 Å². The van der Waals surface area contributed by atoms with Gasteiger partial charge in [-0.05, 0) is 37.1 Å². The number of rotatable bonds is 11. The number of carboxylic acid groups (broad SMARTS) is 1. The molecule has 0 saturated carbocycles. The lowest BCUT2D eigenvalue weighted by atomic mass is 10.1. The van der Waals surface area contributed by atoms with Crippen LogP contribution in [0.4, 0.5) is 0 Å². The second-order valence-electron chi connectivity index (χ2n) is 6.15. The van der Waals surface area contributed by atoms with E-state index in [0.717, 1.165) is 19.3 Å². The zero-order chi connectivity index (χ0) is 19.5. The predicted octanol–water partition coefficient (Wildman–Crippen LogP) is 4.91. The van der Waals surface area contributed by atoms with Crippen molar-refractivity contribution in [2.75, 3.05) is 0 Å². The number of carbonyl (C=O) groups is 2. The van der Waals surface area contributed by atoms with E-state index >= 15 is 0 Å². The Labute approximate surface area is 158 Å². The molecule has 144 valence electrons. The van der Waals surface area contributed by atoms with Crippen LogP contribution in [0.5, 0.6) is 23.0 Å². The van der Waals surface area contributed by atoms with Gasteiger partial charge in [0.05, 0.1) is 0 Å². The Hall–Kier alpha value is -3.02. The number of hydrogen-bond acceptors (Lipinski definition) is 5. The second-order valence-corrected chi connectivity index (χ2v) is 6.15. The molecule has 0 heterocycles. The number of unbranched alkanes of at least 4 members (excludes halogenated alkanes) is 4. The molecule has 27 heavy (non-hydrogen) atoms. The average molecular weight is 372 g/mol. The van der Waals surface area contributed by atoms with Crippen LogP contribution >= 0.6 is 0 Å². The number of phenolic OH excluding ortho intramolecular Hbond substituents is 1. The molecule has 0 aliphatic heterocycles. The number of ether oxygens (including phenoxy) is 2. The average Bonchev–Trinajstić information content (AvgIpc) is 2.64. The Balaban J connectivity index is 1.79. The number of esters is 1. The second kappa shape index (κ2) is 10.9. The minimum absolute atomic E-state index is 0.00141. The summed E-state index contributed by atoms with van der Waals surface area (Å²) >= 11 is 0. The summed E-state index contributed by atoms with van der Waals surface area (Å²) in [5.74, 6) is -0.200. The highest BCUT2D eigenvalue weighted by molar-refractivity contribution is 5.73. The predicted molar refractivity (Wildman–Crippen MR) is 100 cm³/mol. The van der Waals surface area contributed by atoms with Crippen LogP contribution in [0.15, 0.2) is 48.5 Å². The molecular formula is C21H24O6. The van der Waals surface area contributed by atoms with Crippen LogP contribution in [0.1, 0.15) is 44.9 Å². The SMILES string of the molecule is O=C(O)CCCCCCCC(=O)Oc1ccccc1Oc1ccccc1O. The molecule has 0 aliphatic rings. The molecule has 0 bridgehead atoms. The number of para-hydroxylation sites is 4. The smallest absolute Gasteiger partial charge is 0.311 e. The third-order valence-corrected chi connectivity index (χ3v) is 3.93. The van der Waals surface area contributed by atoms with Crippen LogP contribution in [0.3, 0.4) is 0 Å². The number of carbonyl (C=O) groups excluding carboxylic acids is 1. The molecule has 0 amide bonds. The lowest BCUT2D eigenvalue weighted by Crippen LogP contribution is -2.08. The highest BCUT2D eigenvalue weighted by Crippen LogP contribution is 2.35. The van der Waals surface area contributed by atoms with Crippen molar-refractivity contribution in [3.8, 4) is 23.0 Å². The van der Waals surface area contributed by atoms with E-state index in [0.29, 0.717) is 24.3 Å². The third-order valence-electron chi connectivity index (χ3n) is 3.93. The molecule has 2 rings (SSSR count). The Morgan fingerprint density at radius 3 is 1.96 bits per heavy atom. The summed E-state index contributed by atoms with van der Waals surface area (Å²) in [7, 11) is 0. The van der Waals surface area contributed by atoms with Gasteiger partial charge in [-0.1, -0.05) is 43.5 Å². The minimum Gasteiger partial charge on any atom is -0.504 e. The standard InChI is InChI=1S/C21H24O6/c22-16-10-6-7-11-17(16)26-18-12-8-9-13-19(18)27-21(25)15-5-3-1-2-4-14-20(23)24/h6-13,22H,1-5,14-15H2,(H,23,24). The molecule has 0 unspecified atom stereocenters. The van der Waals surface area contributed by atoms with Gasteiger partial charge < -0.3 is 19.7 Å². The van der Waals surface area contributed by atoms with E-state index in [9.17, 15) is 14.7 Å². The molecule has 2 N–H and O–H groups in total. The van der Waals surface area contributed by atoms with Gasteiger partial charge in [0.2, 0.25) is 0 Å². The Bertz CT molecular complexity index is 756. The summed E-state index contributed by atoms with van der Waals surface area (Å²) in [4.78, 5) is 22.5. The van der Waals surface area contributed by atoms with Crippen LogP contribution in [0.2, 0.25) is 0 Å². The Morgan fingerprint density at radius 2 is 1.30 bits per heavy atom. The monoisotopic (exact) mass is 372 g/mol. The van der Waals surface area contributed by atoms with Crippen molar-refractivity contribution >= 4 is 11.9 Å². The van der Waals surface area contributed by atoms with Gasteiger partial charge in [-0.2, -0.15) is 0 Å². The van der Waals surface area contributed by atoms with Gasteiger partial charge in [0.1, 0.15) is 0 Å². The highest BCUT2D eigenvalue weighted by Gasteiger charge is 2.12. The number of hydrogen-bond donors (Lipinski definition) is 2. The van der Waals surface area contributed by atoms with Crippen LogP contribution in [0.25, 0.3) is 0 Å². The molecule has 6 heteroatoms. The molecule has 6 nitrogen and oxygen atoms in total. The molecule has 0 aromatic heterocycles. The first-order valence-electron chi connectivity index (χ1n) is 9.03. The maximum Gasteiger partial charge on any atom is 0.311 e. The van der Waals surface area contributed by atoms with E-state index in [4.69, 9.17) is 14.6 Å². The van der Waals surface area contributed by atoms with E-state index in [1.165, 1.54) is 6.07 Å². The summed E-state index contributed by atoms with van der Waals surface area (Å²) in [6.07, 6.45) is 4.42. The van der Waals surface area contributed by atoms with Crippen molar-refractivity contribution in [1.82, 2.24) is 0 Å². The van der Waals surface area contributed by atoms with Gasteiger partial charge in [0.15, 0.2) is 23.0 Å². The molecule has 0 fully saturated rings. The zero-order valence-electron chi connectivity index (χ0n) is 15.1. The number of phenols is 1. The van der Waals surface area contributed by atoms with Gasteiger partial charge in [-0.3, -0.25) is 9.59 Å². The largest absolute Gasteiger partial charge is 0.504 e. The summed E-state index contributed by atoms with van der Waals surface area (Å²) < 4.78 is 11.0. The molecular weight excluding hydrogens is 348 g/mol. The molecule has 0 spiro atoms. The van der Waals surface area contributed by atoms with Gasteiger partial charge in [0.25, 0.3) is 0 Å². The van der Waals surface area contributed by atoms with Crippen LogP contribution in [-0.4, -0.2) is 22.2 Å².